The van der Waals surface area contributed by atoms with Gasteiger partial charge >= 0.3 is 0 Å². The number of pyridine rings is 1. The number of amides is 1. The largest absolute Gasteiger partial charge is 0.384 e. The molecule has 0 aliphatic heterocycles. The monoisotopic (exact) mass is 322 g/mol. The lowest BCUT2D eigenvalue weighted by Gasteiger charge is -2.06. The summed E-state index contributed by atoms with van der Waals surface area (Å²) in [6.07, 6.45) is 3.68. The summed E-state index contributed by atoms with van der Waals surface area (Å²) < 4.78 is 0. The quantitative estimate of drug-likeness (QED) is 0.889. The van der Waals surface area contributed by atoms with E-state index < -0.39 is 0 Å². The normalized spacial score (nSPS) is 10.4. The highest BCUT2D eigenvalue weighted by molar-refractivity contribution is 6.42. The van der Waals surface area contributed by atoms with Crippen LogP contribution in [0.2, 0.25) is 10.0 Å². The molecule has 2 rings (SSSR count). The molecule has 21 heavy (non-hydrogen) atoms. The lowest BCUT2D eigenvalue weighted by molar-refractivity contribution is -0.118. The topological polar surface area (TPSA) is 68.0 Å². The molecular formula is C15H14Cl2N3O. The van der Waals surface area contributed by atoms with Crippen LogP contribution in [0.25, 0.3) is 0 Å². The smallest absolute Gasteiger partial charge is 0.224 e. The standard InChI is InChI=1S/C15H14Cl2N3O/c16-12-4-1-10(7-13(12)17)3-6-15(21)20-9-11-2-5-14(18)19-8-11/h1-2,4-8H,3,9H2,(H2,18,19)(H,20,21). The average molecular weight is 323 g/mol. The first-order valence-corrected chi connectivity index (χ1v) is 7.05. The zero-order valence-corrected chi connectivity index (χ0v) is 12.7. The van der Waals surface area contributed by atoms with Crippen molar-refractivity contribution >= 4 is 34.9 Å². The molecule has 0 saturated heterocycles. The number of carbonyl (C=O) groups is 1. The SMILES string of the molecule is Nc1ccc(CNC(=O)[CH]Cc2ccc(Cl)c(Cl)c2)cn1. The van der Waals surface area contributed by atoms with Gasteiger partial charge in [-0.3, -0.25) is 4.79 Å². The molecule has 0 aliphatic rings. The summed E-state index contributed by atoms with van der Waals surface area (Å²) in [5.74, 6) is 0.300. The van der Waals surface area contributed by atoms with E-state index in [4.69, 9.17) is 28.9 Å². The molecule has 3 N–H and O–H groups in total. The first-order chi connectivity index (χ1) is 10.0. The Kier molecular flexibility index (Phi) is 5.42. The van der Waals surface area contributed by atoms with Crippen LogP contribution >= 0.6 is 23.2 Å². The van der Waals surface area contributed by atoms with E-state index in [-0.39, 0.29) is 5.91 Å². The molecule has 0 bridgehead atoms. The van der Waals surface area contributed by atoms with Crippen LogP contribution in [0.5, 0.6) is 0 Å². The number of nitrogens with two attached hydrogens (primary N) is 1. The Labute approximate surface area is 133 Å². The number of nitrogen functional groups attached to an aromatic ring is 1. The Morgan fingerprint density at radius 3 is 2.62 bits per heavy atom. The molecule has 0 atom stereocenters. The third kappa shape index (κ3) is 4.92. The second kappa shape index (κ2) is 7.29. The van der Waals surface area contributed by atoms with E-state index in [1.165, 1.54) is 0 Å². The number of benzene rings is 1. The van der Waals surface area contributed by atoms with E-state index in [9.17, 15) is 4.79 Å². The molecule has 1 radical (unpaired) electrons. The fourth-order valence-corrected chi connectivity index (χ4v) is 2.00. The van der Waals surface area contributed by atoms with Crippen LogP contribution in [0, 0.1) is 6.42 Å². The Bertz CT molecular complexity index is 629. The van der Waals surface area contributed by atoms with Gasteiger partial charge in [-0.1, -0.05) is 35.3 Å². The molecule has 0 saturated carbocycles. The predicted octanol–water partition coefficient (Wildman–Crippen LogP) is 3.03. The number of rotatable bonds is 5. The van der Waals surface area contributed by atoms with E-state index in [0.29, 0.717) is 28.8 Å². The number of anilines is 1. The minimum Gasteiger partial charge on any atom is -0.384 e. The van der Waals surface area contributed by atoms with Gasteiger partial charge in [0.1, 0.15) is 5.82 Å². The summed E-state index contributed by atoms with van der Waals surface area (Å²) in [6, 6.07) is 8.81. The van der Waals surface area contributed by atoms with Crippen molar-refractivity contribution in [1.29, 1.82) is 0 Å². The summed E-state index contributed by atoms with van der Waals surface area (Å²) in [4.78, 5) is 15.7. The fourth-order valence-electron chi connectivity index (χ4n) is 1.68. The van der Waals surface area contributed by atoms with Crippen molar-refractivity contribution in [2.45, 2.75) is 13.0 Å². The van der Waals surface area contributed by atoms with Crippen molar-refractivity contribution in [1.82, 2.24) is 10.3 Å². The number of carbonyl (C=O) groups excluding carboxylic acids is 1. The van der Waals surface area contributed by atoms with Gasteiger partial charge < -0.3 is 11.1 Å². The van der Waals surface area contributed by atoms with Gasteiger partial charge in [0.05, 0.1) is 16.5 Å². The molecule has 0 fully saturated rings. The minimum absolute atomic E-state index is 0.155. The number of hydrogen-bond acceptors (Lipinski definition) is 3. The number of hydrogen-bond donors (Lipinski definition) is 2. The highest BCUT2D eigenvalue weighted by atomic mass is 35.5. The second-order valence-corrected chi connectivity index (χ2v) is 5.28. The first kappa shape index (κ1) is 15.6. The fraction of sp³-hybridized carbons (Fsp3) is 0.133. The van der Waals surface area contributed by atoms with Crippen molar-refractivity contribution in [2.24, 2.45) is 0 Å². The molecule has 0 aliphatic carbocycles. The number of nitrogens with one attached hydrogen (secondary N) is 1. The molecule has 1 amide bonds. The lowest BCUT2D eigenvalue weighted by Crippen LogP contribution is -2.23. The van der Waals surface area contributed by atoms with Gasteiger partial charge in [0.25, 0.3) is 0 Å². The molecule has 2 aromatic rings. The highest BCUT2D eigenvalue weighted by Crippen LogP contribution is 2.22. The zero-order chi connectivity index (χ0) is 15.2. The van der Waals surface area contributed by atoms with Gasteiger partial charge in [-0.25, -0.2) is 4.98 Å². The minimum atomic E-state index is -0.155. The van der Waals surface area contributed by atoms with E-state index in [1.54, 1.807) is 30.8 Å². The van der Waals surface area contributed by atoms with Crippen LogP contribution in [0.4, 0.5) is 5.82 Å². The number of nitrogens with zero attached hydrogens (tertiary/aromatic N) is 1. The van der Waals surface area contributed by atoms with Crippen LogP contribution in [0.15, 0.2) is 36.5 Å². The van der Waals surface area contributed by atoms with Gasteiger partial charge in [0.15, 0.2) is 0 Å². The van der Waals surface area contributed by atoms with Gasteiger partial charge in [0, 0.05) is 12.7 Å². The summed E-state index contributed by atoms with van der Waals surface area (Å²) in [5.41, 5.74) is 7.31. The molecule has 1 aromatic carbocycles. The van der Waals surface area contributed by atoms with E-state index in [1.807, 2.05) is 12.1 Å². The predicted molar refractivity (Wildman–Crippen MR) is 85.0 cm³/mol. The second-order valence-electron chi connectivity index (χ2n) is 4.47. The molecule has 0 unspecified atom stereocenters. The number of halogens is 2. The van der Waals surface area contributed by atoms with Crippen molar-refractivity contribution in [3.8, 4) is 0 Å². The van der Waals surface area contributed by atoms with Gasteiger partial charge in [-0.2, -0.15) is 0 Å². The molecule has 1 heterocycles. The molecule has 0 spiro atoms. The maximum atomic E-state index is 11.7. The summed E-state index contributed by atoms with van der Waals surface area (Å²) >= 11 is 11.8. The van der Waals surface area contributed by atoms with Crippen molar-refractivity contribution in [2.75, 3.05) is 5.73 Å². The van der Waals surface area contributed by atoms with Crippen molar-refractivity contribution in [3.63, 3.8) is 0 Å². The Hall–Kier alpha value is -1.78. The third-order valence-electron chi connectivity index (χ3n) is 2.82. The van der Waals surface area contributed by atoms with Crippen LogP contribution in [-0.2, 0) is 17.8 Å². The van der Waals surface area contributed by atoms with Gasteiger partial charge in [0.2, 0.25) is 5.91 Å². The average Bonchev–Trinajstić information content (AvgIpc) is 2.48. The van der Waals surface area contributed by atoms with Gasteiger partial charge in [-0.15, -0.1) is 0 Å². The highest BCUT2D eigenvalue weighted by Gasteiger charge is 2.05. The van der Waals surface area contributed by atoms with Crippen LogP contribution in [-0.4, -0.2) is 10.9 Å². The molecule has 109 valence electrons. The lowest BCUT2D eigenvalue weighted by atomic mass is 10.1. The Balaban J connectivity index is 1.79. The maximum absolute atomic E-state index is 11.7. The van der Waals surface area contributed by atoms with Crippen molar-refractivity contribution in [3.05, 3.63) is 64.1 Å². The number of aromatic nitrogens is 1. The molecule has 1 aromatic heterocycles. The van der Waals surface area contributed by atoms with Crippen molar-refractivity contribution < 1.29 is 4.79 Å². The molecule has 6 heteroatoms. The summed E-state index contributed by atoms with van der Waals surface area (Å²) in [7, 11) is 0. The summed E-state index contributed by atoms with van der Waals surface area (Å²) in [5, 5.41) is 3.76. The maximum Gasteiger partial charge on any atom is 0.224 e. The third-order valence-corrected chi connectivity index (χ3v) is 3.56. The van der Waals surface area contributed by atoms with E-state index >= 15 is 0 Å². The van der Waals surface area contributed by atoms with Crippen LogP contribution in [0.1, 0.15) is 11.1 Å². The Morgan fingerprint density at radius 1 is 1.19 bits per heavy atom. The first-order valence-electron chi connectivity index (χ1n) is 6.30. The van der Waals surface area contributed by atoms with E-state index in [2.05, 4.69) is 10.3 Å². The van der Waals surface area contributed by atoms with Crippen LogP contribution in [0.3, 0.4) is 0 Å². The van der Waals surface area contributed by atoms with E-state index in [0.717, 1.165) is 11.1 Å². The molecule has 4 nitrogen and oxygen atoms in total. The zero-order valence-electron chi connectivity index (χ0n) is 11.1. The Morgan fingerprint density at radius 2 is 1.95 bits per heavy atom. The van der Waals surface area contributed by atoms with Gasteiger partial charge in [-0.05, 0) is 35.7 Å². The molecular weight excluding hydrogens is 309 g/mol. The summed E-state index contributed by atoms with van der Waals surface area (Å²) in [6.45, 7) is 0.407. The van der Waals surface area contributed by atoms with Crippen LogP contribution < -0.4 is 11.1 Å².